The van der Waals surface area contributed by atoms with Gasteiger partial charge in [-0.15, -0.1) is 0 Å². The van der Waals surface area contributed by atoms with E-state index in [9.17, 15) is 4.79 Å². The summed E-state index contributed by atoms with van der Waals surface area (Å²) in [4.78, 5) is 14.8. The van der Waals surface area contributed by atoms with Gasteiger partial charge in [0.25, 0.3) is 0 Å². The summed E-state index contributed by atoms with van der Waals surface area (Å²) in [6, 6.07) is 4.83. The van der Waals surface area contributed by atoms with Gasteiger partial charge in [-0.3, -0.25) is 4.68 Å². The van der Waals surface area contributed by atoms with Crippen LogP contribution in [0.15, 0.2) is 18.2 Å². The van der Waals surface area contributed by atoms with Crippen LogP contribution in [0.4, 0.5) is 0 Å². The maximum absolute atomic E-state index is 10.8. The second-order valence-electron chi connectivity index (χ2n) is 4.23. The number of aromatic carboxylic acids is 1. The van der Waals surface area contributed by atoms with Crippen LogP contribution in [0.3, 0.4) is 0 Å². The lowest BCUT2D eigenvalue weighted by Crippen LogP contribution is -2.05. The highest BCUT2D eigenvalue weighted by Gasteiger charge is 2.11. The molecule has 2 aromatic heterocycles. The largest absolute Gasteiger partial charge is 0.483 e. The number of aryl methyl sites for hydroxylation is 2. The van der Waals surface area contributed by atoms with E-state index in [4.69, 9.17) is 9.84 Å². The van der Waals surface area contributed by atoms with Crippen molar-refractivity contribution in [1.82, 2.24) is 14.8 Å². The molecule has 0 aliphatic heterocycles. The number of aromatic nitrogens is 3. The molecule has 0 atom stereocenters. The van der Waals surface area contributed by atoms with E-state index in [1.54, 1.807) is 16.8 Å². The highest BCUT2D eigenvalue weighted by molar-refractivity contribution is 5.85. The van der Waals surface area contributed by atoms with Crippen LogP contribution in [0.1, 0.15) is 27.6 Å². The van der Waals surface area contributed by atoms with Crippen LogP contribution >= 0.6 is 0 Å². The fraction of sp³-hybridized carbons (Fsp3) is 0.308. The second-order valence-corrected chi connectivity index (χ2v) is 4.23. The van der Waals surface area contributed by atoms with Gasteiger partial charge in [-0.05, 0) is 26.0 Å². The van der Waals surface area contributed by atoms with E-state index in [0.717, 1.165) is 11.4 Å². The summed E-state index contributed by atoms with van der Waals surface area (Å²) in [6.45, 7) is 3.99. The van der Waals surface area contributed by atoms with Gasteiger partial charge < -0.3 is 9.84 Å². The molecule has 0 radical (unpaired) electrons. The highest BCUT2D eigenvalue weighted by Crippen LogP contribution is 2.22. The molecule has 0 fully saturated rings. The van der Waals surface area contributed by atoms with E-state index in [0.29, 0.717) is 11.4 Å². The molecule has 2 aromatic rings. The predicted octanol–water partition coefficient (Wildman–Crippen LogP) is 1.71. The van der Waals surface area contributed by atoms with Crippen LogP contribution in [0.5, 0.6) is 5.75 Å². The summed E-state index contributed by atoms with van der Waals surface area (Å²) in [7, 11) is 1.85. The fourth-order valence-electron chi connectivity index (χ4n) is 1.79. The maximum atomic E-state index is 10.8. The van der Waals surface area contributed by atoms with Crippen LogP contribution < -0.4 is 4.74 Å². The van der Waals surface area contributed by atoms with Gasteiger partial charge >= 0.3 is 5.97 Å². The Morgan fingerprint density at radius 1 is 1.42 bits per heavy atom. The Morgan fingerprint density at radius 2 is 2.16 bits per heavy atom. The van der Waals surface area contributed by atoms with E-state index in [1.807, 2.05) is 20.9 Å². The molecule has 0 bridgehead atoms. The molecule has 0 amide bonds. The highest BCUT2D eigenvalue weighted by atomic mass is 16.5. The van der Waals surface area contributed by atoms with Crippen molar-refractivity contribution in [2.75, 3.05) is 0 Å². The van der Waals surface area contributed by atoms with E-state index in [-0.39, 0.29) is 12.3 Å². The molecule has 0 aliphatic rings. The third-order valence-electron chi connectivity index (χ3n) is 2.83. The first kappa shape index (κ1) is 13.1. The summed E-state index contributed by atoms with van der Waals surface area (Å²) in [5, 5.41) is 13.1. The Kier molecular flexibility index (Phi) is 3.50. The van der Waals surface area contributed by atoms with Gasteiger partial charge in [0, 0.05) is 7.05 Å². The predicted molar refractivity (Wildman–Crippen MR) is 68.2 cm³/mol. The van der Waals surface area contributed by atoms with E-state index in [1.165, 1.54) is 6.07 Å². The topological polar surface area (TPSA) is 77.2 Å². The molecule has 0 saturated heterocycles. The molecular weight excluding hydrogens is 246 g/mol. The molecule has 2 rings (SSSR count). The Morgan fingerprint density at radius 3 is 2.74 bits per heavy atom. The number of carbonyl (C=O) groups is 1. The Labute approximate surface area is 110 Å². The molecule has 1 N–H and O–H groups in total. The molecule has 0 spiro atoms. The van der Waals surface area contributed by atoms with Gasteiger partial charge in [-0.25, -0.2) is 9.78 Å². The molecule has 2 heterocycles. The smallest absolute Gasteiger partial charge is 0.354 e. The van der Waals surface area contributed by atoms with Gasteiger partial charge in [0.2, 0.25) is 0 Å². The molecule has 6 heteroatoms. The number of hydrogen-bond acceptors (Lipinski definition) is 4. The average Bonchev–Trinajstić information content (AvgIpc) is 2.61. The zero-order valence-electron chi connectivity index (χ0n) is 11.0. The standard InChI is InChI=1S/C13H15N3O3/c1-8-12(9(2)16(3)15-8)19-7-10-5-4-6-11(14-10)13(17)18/h4-6H,7H2,1-3H3,(H,17,18). The third kappa shape index (κ3) is 2.73. The molecular formula is C13H15N3O3. The van der Waals surface area contributed by atoms with Crippen molar-refractivity contribution in [2.45, 2.75) is 20.5 Å². The number of carboxylic acids is 1. The van der Waals surface area contributed by atoms with Crippen molar-refractivity contribution >= 4 is 5.97 Å². The first-order valence-electron chi connectivity index (χ1n) is 5.81. The SMILES string of the molecule is Cc1nn(C)c(C)c1OCc1cccc(C(=O)O)n1. The molecule has 100 valence electrons. The lowest BCUT2D eigenvalue weighted by Gasteiger charge is -2.06. The van der Waals surface area contributed by atoms with Gasteiger partial charge in [-0.1, -0.05) is 6.07 Å². The van der Waals surface area contributed by atoms with Crippen LogP contribution in [0, 0.1) is 13.8 Å². The minimum atomic E-state index is -1.05. The lowest BCUT2D eigenvalue weighted by molar-refractivity contribution is 0.0690. The number of nitrogens with zero attached hydrogens (tertiary/aromatic N) is 3. The van der Waals surface area contributed by atoms with E-state index < -0.39 is 5.97 Å². The van der Waals surface area contributed by atoms with Crippen LogP contribution in [0.2, 0.25) is 0 Å². The zero-order chi connectivity index (χ0) is 14.0. The second kappa shape index (κ2) is 5.09. The zero-order valence-corrected chi connectivity index (χ0v) is 11.0. The van der Waals surface area contributed by atoms with Crippen molar-refractivity contribution in [1.29, 1.82) is 0 Å². The number of pyridine rings is 1. The van der Waals surface area contributed by atoms with Crippen LogP contribution in [-0.4, -0.2) is 25.8 Å². The Hall–Kier alpha value is -2.37. The van der Waals surface area contributed by atoms with Crippen LogP contribution in [-0.2, 0) is 13.7 Å². The first-order valence-corrected chi connectivity index (χ1v) is 5.81. The lowest BCUT2D eigenvalue weighted by atomic mass is 10.3. The van der Waals surface area contributed by atoms with Crippen LogP contribution in [0.25, 0.3) is 0 Å². The quantitative estimate of drug-likeness (QED) is 0.906. The molecule has 0 saturated carbocycles. The minimum Gasteiger partial charge on any atom is -0.483 e. The summed E-state index contributed by atoms with van der Waals surface area (Å²) < 4.78 is 7.41. The summed E-state index contributed by atoms with van der Waals surface area (Å²) in [5.41, 5.74) is 2.31. The van der Waals surface area contributed by atoms with Gasteiger partial charge in [0.05, 0.1) is 11.4 Å². The summed E-state index contributed by atoms with van der Waals surface area (Å²) in [6.07, 6.45) is 0. The third-order valence-corrected chi connectivity index (χ3v) is 2.83. The van der Waals surface area contributed by atoms with Crippen molar-refractivity contribution in [3.05, 3.63) is 41.0 Å². The average molecular weight is 261 g/mol. The minimum absolute atomic E-state index is 0.0146. The number of carboxylic acid groups (broad SMARTS) is 1. The normalized spacial score (nSPS) is 10.5. The number of hydrogen-bond donors (Lipinski definition) is 1. The Balaban J connectivity index is 2.14. The first-order chi connectivity index (χ1) is 8.99. The summed E-state index contributed by atoms with van der Waals surface area (Å²) >= 11 is 0. The van der Waals surface area contributed by atoms with E-state index >= 15 is 0 Å². The maximum Gasteiger partial charge on any atom is 0.354 e. The van der Waals surface area contributed by atoms with Crippen molar-refractivity contribution in [3.63, 3.8) is 0 Å². The molecule has 19 heavy (non-hydrogen) atoms. The van der Waals surface area contributed by atoms with Gasteiger partial charge in [-0.2, -0.15) is 5.10 Å². The van der Waals surface area contributed by atoms with Crippen molar-refractivity contribution in [3.8, 4) is 5.75 Å². The van der Waals surface area contributed by atoms with Crippen molar-refractivity contribution < 1.29 is 14.6 Å². The van der Waals surface area contributed by atoms with E-state index in [2.05, 4.69) is 10.1 Å². The summed E-state index contributed by atoms with van der Waals surface area (Å²) in [5.74, 6) is -0.333. The van der Waals surface area contributed by atoms with Gasteiger partial charge in [0.1, 0.15) is 18.0 Å². The number of ether oxygens (including phenoxy) is 1. The molecule has 0 aliphatic carbocycles. The molecule has 0 unspecified atom stereocenters. The fourth-order valence-corrected chi connectivity index (χ4v) is 1.79. The molecule has 6 nitrogen and oxygen atoms in total. The Bertz CT molecular complexity index is 620. The monoisotopic (exact) mass is 261 g/mol. The number of rotatable bonds is 4. The van der Waals surface area contributed by atoms with Crippen molar-refractivity contribution in [2.24, 2.45) is 7.05 Å². The van der Waals surface area contributed by atoms with Gasteiger partial charge in [0.15, 0.2) is 5.75 Å². The molecule has 0 aromatic carbocycles.